The van der Waals surface area contributed by atoms with Crippen molar-refractivity contribution in [1.29, 1.82) is 0 Å². The van der Waals surface area contributed by atoms with Crippen LogP contribution in [0.25, 0.3) is 0 Å². The summed E-state index contributed by atoms with van der Waals surface area (Å²) in [5.74, 6) is 0.0717. The average molecular weight is 213 g/mol. The van der Waals surface area contributed by atoms with E-state index in [0.717, 1.165) is 0 Å². The first-order chi connectivity index (χ1) is 7.15. The molecule has 88 valence electrons. The van der Waals surface area contributed by atoms with Gasteiger partial charge >= 0.3 is 0 Å². The second kappa shape index (κ2) is 6.08. The van der Waals surface area contributed by atoms with Crippen LogP contribution >= 0.6 is 0 Å². The van der Waals surface area contributed by atoms with Crippen LogP contribution in [0, 0.1) is 0 Å². The van der Waals surface area contributed by atoms with E-state index in [0.29, 0.717) is 25.2 Å². The van der Waals surface area contributed by atoms with Crippen LogP contribution in [0.1, 0.15) is 40.0 Å². The molecule has 0 aromatic carbocycles. The maximum atomic E-state index is 11.3. The minimum atomic E-state index is 0.0717. The van der Waals surface area contributed by atoms with E-state index in [1.54, 1.807) is 0 Å². The number of carbonyl (C=O) groups excluding carboxylic acids is 1. The van der Waals surface area contributed by atoms with Crippen LogP contribution in [0.15, 0.2) is 0 Å². The topological polar surface area (TPSA) is 44.4 Å². The maximum absolute atomic E-state index is 11.3. The van der Waals surface area contributed by atoms with Gasteiger partial charge in [0.1, 0.15) is 0 Å². The van der Waals surface area contributed by atoms with Gasteiger partial charge in [-0.1, -0.05) is 6.42 Å². The van der Waals surface area contributed by atoms with Crippen molar-refractivity contribution in [2.24, 2.45) is 0 Å². The zero-order chi connectivity index (χ0) is 11.3. The van der Waals surface area contributed by atoms with E-state index in [1.807, 2.05) is 6.92 Å². The predicted molar refractivity (Wildman–Crippen MR) is 61.3 cm³/mol. The second-order valence-corrected chi connectivity index (χ2v) is 4.32. The molecule has 1 amide bonds. The van der Waals surface area contributed by atoms with Crippen LogP contribution in [-0.4, -0.2) is 36.1 Å². The van der Waals surface area contributed by atoms with Gasteiger partial charge in [0.25, 0.3) is 0 Å². The molecule has 0 spiro atoms. The number of nitrogens with one attached hydrogen (secondary N) is 2. The number of piperidine rings is 1. The third kappa shape index (κ3) is 3.80. The van der Waals surface area contributed by atoms with Crippen molar-refractivity contribution in [3.8, 4) is 0 Å². The van der Waals surface area contributed by atoms with E-state index in [9.17, 15) is 4.79 Å². The third-order valence-electron chi connectivity index (χ3n) is 2.99. The highest BCUT2D eigenvalue weighted by atomic mass is 16.2. The van der Waals surface area contributed by atoms with Gasteiger partial charge in [0, 0.05) is 18.6 Å². The molecule has 0 bridgehead atoms. The molecule has 1 aliphatic heterocycles. The van der Waals surface area contributed by atoms with E-state index in [4.69, 9.17) is 0 Å². The van der Waals surface area contributed by atoms with Crippen molar-refractivity contribution in [1.82, 2.24) is 15.8 Å². The summed E-state index contributed by atoms with van der Waals surface area (Å²) in [7, 11) is 0. The molecule has 1 aliphatic rings. The van der Waals surface area contributed by atoms with Gasteiger partial charge < -0.3 is 5.32 Å². The number of rotatable bonds is 4. The summed E-state index contributed by atoms with van der Waals surface area (Å²) in [5, 5.41) is 5.01. The second-order valence-electron chi connectivity index (χ2n) is 4.32. The number of carbonyl (C=O) groups is 1. The lowest BCUT2D eigenvalue weighted by molar-refractivity contribution is -0.121. The van der Waals surface area contributed by atoms with Crippen LogP contribution < -0.4 is 10.7 Å². The fraction of sp³-hybridized carbons (Fsp3) is 0.909. The summed E-state index contributed by atoms with van der Waals surface area (Å²) in [6, 6.07) is 1.06. The van der Waals surface area contributed by atoms with Crippen molar-refractivity contribution in [3.63, 3.8) is 0 Å². The SMILES string of the molecule is CCNC(=O)CNN1C(C)CCCC1C. The Morgan fingerprint density at radius 1 is 1.33 bits per heavy atom. The number of hydrogen-bond donors (Lipinski definition) is 2. The molecule has 0 radical (unpaired) electrons. The third-order valence-corrected chi connectivity index (χ3v) is 2.99. The van der Waals surface area contributed by atoms with Gasteiger partial charge in [0.2, 0.25) is 5.91 Å². The first-order valence-corrected chi connectivity index (χ1v) is 5.93. The lowest BCUT2D eigenvalue weighted by atomic mass is 10.00. The molecule has 0 aromatic rings. The van der Waals surface area contributed by atoms with E-state index in [1.165, 1.54) is 19.3 Å². The molecule has 4 nitrogen and oxygen atoms in total. The highest BCUT2D eigenvalue weighted by Gasteiger charge is 2.24. The smallest absolute Gasteiger partial charge is 0.235 e. The first kappa shape index (κ1) is 12.5. The lowest BCUT2D eigenvalue weighted by Gasteiger charge is -2.38. The molecule has 1 fully saturated rings. The standard InChI is InChI=1S/C11H23N3O/c1-4-12-11(15)8-13-14-9(2)6-5-7-10(14)3/h9-10,13H,4-8H2,1-3H3,(H,12,15). The number of nitrogens with zero attached hydrogens (tertiary/aromatic N) is 1. The Balaban J connectivity index is 2.32. The Hall–Kier alpha value is -0.610. The van der Waals surface area contributed by atoms with E-state index in [-0.39, 0.29) is 5.91 Å². The molecule has 2 atom stereocenters. The molecule has 0 aromatic heterocycles. The maximum Gasteiger partial charge on any atom is 0.235 e. The summed E-state index contributed by atoms with van der Waals surface area (Å²) >= 11 is 0. The number of hydrogen-bond acceptors (Lipinski definition) is 3. The molecule has 0 saturated carbocycles. The largest absolute Gasteiger partial charge is 0.355 e. The molecular formula is C11H23N3O. The minimum Gasteiger partial charge on any atom is -0.355 e. The van der Waals surface area contributed by atoms with Gasteiger partial charge in [-0.05, 0) is 33.6 Å². The van der Waals surface area contributed by atoms with Crippen LogP contribution in [0.3, 0.4) is 0 Å². The molecule has 0 aliphatic carbocycles. The zero-order valence-corrected chi connectivity index (χ0v) is 10.0. The van der Waals surface area contributed by atoms with Gasteiger partial charge in [-0.2, -0.15) is 0 Å². The molecule has 2 unspecified atom stereocenters. The van der Waals surface area contributed by atoms with Crippen LogP contribution in [-0.2, 0) is 4.79 Å². The van der Waals surface area contributed by atoms with Crippen LogP contribution in [0.2, 0.25) is 0 Å². The zero-order valence-electron chi connectivity index (χ0n) is 10.0. The normalized spacial score (nSPS) is 27.7. The molecule has 15 heavy (non-hydrogen) atoms. The summed E-state index contributed by atoms with van der Waals surface area (Å²) in [6.45, 7) is 7.44. The van der Waals surface area contributed by atoms with Crippen LogP contribution in [0.4, 0.5) is 0 Å². The number of hydrazine groups is 1. The van der Waals surface area contributed by atoms with Gasteiger partial charge in [0.05, 0.1) is 6.54 Å². The summed E-state index contributed by atoms with van der Waals surface area (Å²) in [6.07, 6.45) is 3.72. The predicted octanol–water partition coefficient (Wildman–Crippen LogP) is 0.890. The fourth-order valence-corrected chi connectivity index (χ4v) is 2.16. The van der Waals surface area contributed by atoms with E-state index in [2.05, 4.69) is 29.6 Å². The Kier molecular flexibility index (Phi) is 5.05. The molecule has 4 heteroatoms. The van der Waals surface area contributed by atoms with Gasteiger partial charge in [-0.15, -0.1) is 0 Å². The molecule has 1 heterocycles. The molecule has 1 saturated heterocycles. The average Bonchev–Trinajstić information content (AvgIpc) is 2.17. The van der Waals surface area contributed by atoms with Crippen molar-refractivity contribution < 1.29 is 4.79 Å². The highest BCUT2D eigenvalue weighted by molar-refractivity contribution is 5.77. The Morgan fingerprint density at radius 2 is 1.93 bits per heavy atom. The molecular weight excluding hydrogens is 190 g/mol. The Labute approximate surface area is 92.4 Å². The van der Waals surface area contributed by atoms with Crippen LogP contribution in [0.5, 0.6) is 0 Å². The fourth-order valence-electron chi connectivity index (χ4n) is 2.16. The monoisotopic (exact) mass is 213 g/mol. The Morgan fingerprint density at radius 3 is 2.47 bits per heavy atom. The van der Waals surface area contributed by atoms with Gasteiger partial charge in [-0.3, -0.25) is 4.79 Å². The van der Waals surface area contributed by atoms with Gasteiger partial charge in [0.15, 0.2) is 0 Å². The van der Waals surface area contributed by atoms with Crippen molar-refractivity contribution in [2.45, 2.75) is 52.1 Å². The number of likely N-dealkylation sites (N-methyl/N-ethyl adjacent to an activating group) is 1. The van der Waals surface area contributed by atoms with Gasteiger partial charge in [-0.25, -0.2) is 10.4 Å². The van der Waals surface area contributed by atoms with Crippen molar-refractivity contribution >= 4 is 5.91 Å². The van der Waals surface area contributed by atoms with Crippen molar-refractivity contribution in [3.05, 3.63) is 0 Å². The molecule has 2 N–H and O–H groups in total. The highest BCUT2D eigenvalue weighted by Crippen LogP contribution is 2.19. The summed E-state index contributed by atoms with van der Waals surface area (Å²) in [5.41, 5.74) is 3.23. The summed E-state index contributed by atoms with van der Waals surface area (Å²) < 4.78 is 0. The quantitative estimate of drug-likeness (QED) is 0.729. The Bertz CT molecular complexity index is 198. The van der Waals surface area contributed by atoms with E-state index < -0.39 is 0 Å². The minimum absolute atomic E-state index is 0.0717. The lowest BCUT2D eigenvalue weighted by Crippen LogP contribution is -2.54. The summed E-state index contributed by atoms with van der Waals surface area (Å²) in [4.78, 5) is 11.3. The number of amides is 1. The molecule has 1 rings (SSSR count). The first-order valence-electron chi connectivity index (χ1n) is 5.93. The van der Waals surface area contributed by atoms with Crippen molar-refractivity contribution in [2.75, 3.05) is 13.1 Å². The van der Waals surface area contributed by atoms with E-state index >= 15 is 0 Å².